The fourth-order valence-corrected chi connectivity index (χ4v) is 11.3. The molecule has 4 rings (SSSR count). The zero-order valence-electron chi connectivity index (χ0n) is 30.1. The highest BCUT2D eigenvalue weighted by Crippen LogP contribution is 2.68. The first-order valence-electron chi connectivity index (χ1n) is 19.8. The highest BCUT2D eigenvalue weighted by atomic mass is 16.5. The van der Waals surface area contributed by atoms with E-state index in [0.29, 0.717) is 60.3 Å². The van der Waals surface area contributed by atoms with Gasteiger partial charge in [0, 0.05) is 13.2 Å². The number of nitrogens with two attached hydrogens (primary N) is 2. The summed E-state index contributed by atoms with van der Waals surface area (Å²) in [5, 5.41) is 14.3. The molecular weight excluding hydrogens is 558 g/mol. The van der Waals surface area contributed by atoms with Gasteiger partial charge in [0.05, 0.1) is 12.2 Å². The summed E-state index contributed by atoms with van der Waals surface area (Å²) in [5.41, 5.74) is 12.4. The second-order valence-electron chi connectivity index (χ2n) is 16.5. The average Bonchev–Trinajstić information content (AvgIpc) is 3.33. The zero-order valence-corrected chi connectivity index (χ0v) is 30.1. The van der Waals surface area contributed by atoms with Gasteiger partial charge >= 0.3 is 0 Å². The number of unbranched alkanes of at least 4 members (excludes halogenated alkanes) is 5. The van der Waals surface area contributed by atoms with E-state index in [1.807, 2.05) is 0 Å². The highest BCUT2D eigenvalue weighted by molar-refractivity contribution is 5.12. The minimum absolute atomic E-state index is 0.165. The molecule has 0 saturated heterocycles. The predicted molar refractivity (Wildman–Crippen MR) is 188 cm³/mol. The topological polar surface area (TPSA) is 103 Å². The van der Waals surface area contributed by atoms with Crippen LogP contribution in [0.2, 0.25) is 0 Å². The summed E-state index contributed by atoms with van der Waals surface area (Å²) in [6.07, 6.45) is 23.6. The molecule has 0 radical (unpaired) electrons. The molecule has 6 heteroatoms. The largest absolute Gasteiger partial charge is 0.379 e. The Bertz CT molecular complexity index is 829. The summed E-state index contributed by atoms with van der Waals surface area (Å²) in [7, 11) is 0. The summed E-state index contributed by atoms with van der Waals surface area (Å²) in [6.45, 7) is 14.0. The number of nitrogens with one attached hydrogen (secondary N) is 1. The third-order valence-corrected chi connectivity index (χ3v) is 13.8. The molecule has 7 unspecified atom stereocenters. The molecule has 0 heterocycles. The average molecular weight is 634 g/mol. The zero-order chi connectivity index (χ0) is 32.3. The molecule has 6 nitrogen and oxygen atoms in total. The molecule has 6 N–H and O–H groups in total. The number of hydrogen-bond donors (Lipinski definition) is 4. The molecule has 0 bridgehead atoms. The Balaban J connectivity index is 1.46. The second kappa shape index (κ2) is 18.5. The van der Waals surface area contributed by atoms with Crippen LogP contribution in [-0.4, -0.2) is 56.4 Å². The lowest BCUT2D eigenvalue weighted by Crippen LogP contribution is -2.56. The molecule has 0 aliphatic heterocycles. The van der Waals surface area contributed by atoms with E-state index in [1.165, 1.54) is 96.3 Å². The predicted octanol–water partition coefficient (Wildman–Crippen LogP) is 7.80. The molecule has 264 valence electrons. The minimum Gasteiger partial charge on any atom is -0.379 e. The highest BCUT2D eigenvalue weighted by Gasteiger charge is 2.64. The number of hydrogen-bond acceptors (Lipinski definition) is 6. The lowest BCUT2D eigenvalue weighted by Gasteiger charge is -2.59. The van der Waals surface area contributed by atoms with Crippen molar-refractivity contribution in [1.82, 2.24) is 5.32 Å². The minimum atomic E-state index is -0.392. The van der Waals surface area contributed by atoms with Gasteiger partial charge in [0.15, 0.2) is 0 Å². The van der Waals surface area contributed by atoms with Gasteiger partial charge in [-0.15, -0.1) is 0 Å². The third kappa shape index (κ3) is 9.26. The van der Waals surface area contributed by atoms with E-state index in [4.69, 9.17) is 20.9 Å². The van der Waals surface area contributed by atoms with E-state index in [9.17, 15) is 5.11 Å². The molecule has 0 spiro atoms. The van der Waals surface area contributed by atoms with Gasteiger partial charge in [0.25, 0.3) is 0 Å². The van der Waals surface area contributed by atoms with E-state index in [1.54, 1.807) is 0 Å². The van der Waals surface area contributed by atoms with Crippen molar-refractivity contribution in [3.63, 3.8) is 0 Å². The van der Waals surface area contributed by atoms with Gasteiger partial charge in [-0.1, -0.05) is 72.6 Å². The molecule has 4 fully saturated rings. The standard InChI is InChI=1S/C39H75N3O3/c1-5-6-7-8-9-12-23-42-37(43)19-16-29(2)33-17-18-34-32-27-31(44-24-13-21-40)26-30-15-10-11-20-38(30,3)35(32)28-36(39(33,34)4)45-25-14-22-41/h29-37,42-43H,5-28,40-41H2,1-4H3/t29-,30?,31?,32?,33?,34+,35+,36+,37?,38?,39?/m1/s1. The van der Waals surface area contributed by atoms with Crippen molar-refractivity contribution in [3.8, 4) is 0 Å². The molecule has 45 heavy (non-hydrogen) atoms. The molecule has 4 saturated carbocycles. The Morgan fingerprint density at radius 3 is 2.31 bits per heavy atom. The summed E-state index contributed by atoms with van der Waals surface area (Å²) in [4.78, 5) is 0. The Hall–Kier alpha value is -0.240. The fraction of sp³-hybridized carbons (Fsp3) is 1.00. The summed E-state index contributed by atoms with van der Waals surface area (Å²) in [5.74, 6) is 4.08. The van der Waals surface area contributed by atoms with Crippen LogP contribution in [0.5, 0.6) is 0 Å². The van der Waals surface area contributed by atoms with Crippen molar-refractivity contribution in [3.05, 3.63) is 0 Å². The molecule has 11 atom stereocenters. The van der Waals surface area contributed by atoms with E-state index in [2.05, 4.69) is 33.0 Å². The summed E-state index contributed by atoms with van der Waals surface area (Å²) in [6, 6.07) is 0. The van der Waals surface area contributed by atoms with Gasteiger partial charge < -0.3 is 26.0 Å². The van der Waals surface area contributed by atoms with Crippen molar-refractivity contribution in [1.29, 1.82) is 0 Å². The SMILES string of the molecule is CCCCCCCCNC(O)CC[C@@H](C)C1CC[C@H]2C3CC(OCCCN)CC4CCCCC4(C)[C@H]3C[C@H](OCCCN)C12C. The van der Waals surface area contributed by atoms with Crippen LogP contribution in [0, 0.1) is 46.3 Å². The maximum atomic E-state index is 10.8. The Morgan fingerprint density at radius 2 is 1.56 bits per heavy atom. The number of aliphatic hydroxyl groups is 1. The second-order valence-corrected chi connectivity index (χ2v) is 16.5. The van der Waals surface area contributed by atoms with Gasteiger partial charge in [-0.2, -0.15) is 0 Å². The Morgan fingerprint density at radius 1 is 0.822 bits per heavy atom. The van der Waals surface area contributed by atoms with Gasteiger partial charge in [-0.05, 0) is 143 Å². The van der Waals surface area contributed by atoms with Crippen LogP contribution in [0.1, 0.15) is 150 Å². The maximum Gasteiger partial charge on any atom is 0.104 e. The normalized spacial score (nSPS) is 37.8. The third-order valence-electron chi connectivity index (χ3n) is 13.8. The molecule has 4 aliphatic rings. The molecule has 4 aliphatic carbocycles. The number of aliphatic hydroxyl groups excluding tert-OH is 1. The fourth-order valence-electron chi connectivity index (χ4n) is 11.3. The van der Waals surface area contributed by atoms with Gasteiger partial charge in [0.1, 0.15) is 6.23 Å². The van der Waals surface area contributed by atoms with Crippen molar-refractivity contribution in [2.24, 2.45) is 57.8 Å². The van der Waals surface area contributed by atoms with E-state index in [-0.39, 0.29) is 5.41 Å². The van der Waals surface area contributed by atoms with Crippen molar-refractivity contribution in [2.45, 2.75) is 168 Å². The Kier molecular flexibility index (Phi) is 15.5. The van der Waals surface area contributed by atoms with Gasteiger partial charge in [-0.3, -0.25) is 5.32 Å². The maximum absolute atomic E-state index is 10.8. The van der Waals surface area contributed by atoms with Crippen LogP contribution in [-0.2, 0) is 9.47 Å². The number of fused-ring (bicyclic) bond motifs is 5. The summed E-state index contributed by atoms with van der Waals surface area (Å²) >= 11 is 0. The lowest BCUT2D eigenvalue weighted by atomic mass is 9.48. The summed E-state index contributed by atoms with van der Waals surface area (Å²) < 4.78 is 13.7. The smallest absolute Gasteiger partial charge is 0.104 e. The van der Waals surface area contributed by atoms with Gasteiger partial charge in [0.2, 0.25) is 0 Å². The van der Waals surface area contributed by atoms with E-state index >= 15 is 0 Å². The van der Waals surface area contributed by atoms with E-state index in [0.717, 1.165) is 51.4 Å². The first-order valence-corrected chi connectivity index (χ1v) is 19.8. The molecule has 0 aromatic rings. The van der Waals surface area contributed by atoms with E-state index < -0.39 is 6.23 Å². The van der Waals surface area contributed by atoms with Crippen LogP contribution in [0.3, 0.4) is 0 Å². The number of ether oxygens (including phenoxy) is 2. The molecule has 0 aromatic carbocycles. The van der Waals surface area contributed by atoms with Gasteiger partial charge in [-0.25, -0.2) is 0 Å². The van der Waals surface area contributed by atoms with Crippen LogP contribution in [0.4, 0.5) is 0 Å². The molecule has 0 aromatic heterocycles. The molecular formula is C39H75N3O3. The molecule has 0 amide bonds. The first kappa shape index (κ1) is 37.6. The van der Waals surface area contributed by atoms with Crippen LogP contribution < -0.4 is 16.8 Å². The first-order chi connectivity index (χ1) is 21.8. The monoisotopic (exact) mass is 634 g/mol. The van der Waals surface area contributed by atoms with Crippen molar-refractivity contribution >= 4 is 0 Å². The van der Waals surface area contributed by atoms with Crippen LogP contribution in [0.25, 0.3) is 0 Å². The van der Waals surface area contributed by atoms with Crippen molar-refractivity contribution < 1.29 is 14.6 Å². The Labute approximate surface area is 278 Å². The lowest BCUT2D eigenvalue weighted by molar-refractivity contribution is -0.168. The van der Waals surface area contributed by atoms with Crippen LogP contribution >= 0.6 is 0 Å². The van der Waals surface area contributed by atoms with Crippen LogP contribution in [0.15, 0.2) is 0 Å². The number of rotatable bonds is 20. The quantitative estimate of drug-likeness (QED) is 0.0806. The van der Waals surface area contributed by atoms with Crippen molar-refractivity contribution in [2.75, 3.05) is 32.8 Å².